The number of alkyl halides is 3. The second-order valence-corrected chi connectivity index (χ2v) is 4.20. The quantitative estimate of drug-likeness (QED) is 0.858. The summed E-state index contributed by atoms with van der Waals surface area (Å²) in [5, 5.41) is 35.2. The van der Waals surface area contributed by atoms with Crippen LogP contribution in [-0.4, -0.2) is 10.2 Å². The molecule has 1 aromatic heterocycles. The summed E-state index contributed by atoms with van der Waals surface area (Å²) >= 11 is 0. The molecule has 1 aromatic carbocycles. The molecule has 0 amide bonds. The molecule has 0 fully saturated rings. The molecule has 0 saturated heterocycles. The average molecular weight is 330 g/mol. The monoisotopic (exact) mass is 330 g/mol. The molecule has 118 valence electrons. The van der Waals surface area contributed by atoms with Crippen LogP contribution in [0.1, 0.15) is 5.89 Å². The van der Waals surface area contributed by atoms with E-state index in [-0.39, 0.29) is 22.8 Å². The largest absolute Gasteiger partial charge is 0.470 e. The summed E-state index contributed by atoms with van der Waals surface area (Å²) in [6.07, 6.45) is -4.76. The van der Waals surface area contributed by atoms with Crippen LogP contribution in [-0.2, 0) is 6.18 Å². The molecule has 0 atom stereocenters. The van der Waals surface area contributed by atoms with E-state index in [1.807, 2.05) is 0 Å². The number of anilines is 1. The fraction of sp³-hybridized carbons (Fsp3) is 0.0714. The molecule has 0 bridgehead atoms. The van der Waals surface area contributed by atoms with Crippen molar-refractivity contribution in [1.29, 1.82) is 15.8 Å². The van der Waals surface area contributed by atoms with Gasteiger partial charge in [-0.3, -0.25) is 0 Å². The number of nitrogens with one attached hydrogen (secondary N) is 1. The lowest BCUT2D eigenvalue weighted by molar-refractivity contribution is -0.156. The van der Waals surface area contributed by atoms with Gasteiger partial charge in [0.2, 0.25) is 5.89 Å². The Balaban J connectivity index is 2.36. The first-order valence-corrected chi connectivity index (χ1v) is 6.11. The van der Waals surface area contributed by atoms with Gasteiger partial charge in [-0.25, -0.2) is 0 Å². The second-order valence-electron chi connectivity index (χ2n) is 4.20. The number of nitriles is 3. The molecule has 0 spiro atoms. The number of aromatic nitrogens is 2. The van der Waals surface area contributed by atoms with Gasteiger partial charge in [0.25, 0.3) is 0 Å². The maximum Gasteiger partial charge on any atom is 0.470 e. The minimum Gasteiger partial charge on any atom is -0.413 e. The number of halogens is 3. The summed E-state index contributed by atoms with van der Waals surface area (Å²) in [4.78, 5) is 0. The van der Waals surface area contributed by atoms with E-state index in [9.17, 15) is 13.2 Å². The molecular weight excluding hydrogens is 325 g/mol. The molecule has 0 unspecified atom stereocenters. The molecule has 0 aliphatic rings. The van der Waals surface area contributed by atoms with Gasteiger partial charge in [-0.15, -0.1) is 10.2 Å². The third kappa shape index (κ3) is 3.49. The lowest BCUT2D eigenvalue weighted by Crippen LogP contribution is -2.04. The summed E-state index contributed by atoms with van der Waals surface area (Å²) in [7, 11) is 0. The molecule has 0 saturated carbocycles. The van der Waals surface area contributed by atoms with E-state index < -0.39 is 17.6 Å². The van der Waals surface area contributed by atoms with Gasteiger partial charge in [0.05, 0.1) is 0 Å². The Morgan fingerprint density at radius 2 is 1.79 bits per heavy atom. The van der Waals surface area contributed by atoms with Gasteiger partial charge >= 0.3 is 12.1 Å². The molecule has 1 heterocycles. The number of allylic oxidation sites excluding steroid dienone is 2. The van der Waals surface area contributed by atoms with Crippen molar-refractivity contribution in [3.05, 3.63) is 41.4 Å². The van der Waals surface area contributed by atoms with Crippen LogP contribution < -0.4 is 5.32 Å². The van der Waals surface area contributed by atoms with Gasteiger partial charge in [-0.2, -0.15) is 29.0 Å². The minimum atomic E-state index is -4.76. The van der Waals surface area contributed by atoms with Gasteiger partial charge in [0, 0.05) is 11.3 Å². The van der Waals surface area contributed by atoms with Crippen molar-refractivity contribution in [3.63, 3.8) is 0 Å². The molecule has 1 N–H and O–H groups in total. The first kappa shape index (κ1) is 16.5. The van der Waals surface area contributed by atoms with E-state index in [1.54, 1.807) is 18.2 Å². The summed E-state index contributed by atoms with van der Waals surface area (Å²) in [6.45, 7) is 0. The lowest BCUT2D eigenvalue weighted by Gasteiger charge is -2.05. The highest BCUT2D eigenvalue weighted by Crippen LogP contribution is 2.31. The zero-order chi connectivity index (χ0) is 17.7. The van der Waals surface area contributed by atoms with Crippen molar-refractivity contribution in [2.24, 2.45) is 0 Å². The third-order valence-electron chi connectivity index (χ3n) is 2.63. The van der Waals surface area contributed by atoms with Crippen LogP contribution in [0.15, 0.2) is 40.0 Å². The SMILES string of the molecule is N#CC(C#N)=C(C#N)Nc1cccc(-c2nnc(C(F)(F)F)o2)c1. The van der Waals surface area contributed by atoms with E-state index in [0.29, 0.717) is 0 Å². The summed E-state index contributed by atoms with van der Waals surface area (Å²) < 4.78 is 42.0. The predicted molar refractivity (Wildman–Crippen MR) is 72.2 cm³/mol. The molecule has 2 aromatic rings. The minimum absolute atomic E-state index is 0.163. The Labute approximate surface area is 132 Å². The van der Waals surface area contributed by atoms with Crippen LogP contribution in [0, 0.1) is 34.0 Å². The van der Waals surface area contributed by atoms with Crippen molar-refractivity contribution in [1.82, 2.24) is 10.2 Å². The van der Waals surface area contributed by atoms with Crippen molar-refractivity contribution in [2.75, 3.05) is 5.32 Å². The standard InChI is InChI=1S/C14H5F3N6O/c15-14(16,17)13-23-22-12(24-13)8-2-1-3-10(4-8)21-11(7-20)9(5-18)6-19/h1-4,21H. The number of nitrogens with zero attached hydrogens (tertiary/aromatic N) is 5. The van der Waals surface area contributed by atoms with Crippen LogP contribution in [0.3, 0.4) is 0 Å². The molecule has 2 rings (SSSR count). The summed E-state index contributed by atoms with van der Waals surface area (Å²) in [5.41, 5.74) is -0.312. The number of hydrogen-bond donors (Lipinski definition) is 1. The van der Waals surface area contributed by atoms with E-state index >= 15 is 0 Å². The number of rotatable bonds is 3. The Morgan fingerprint density at radius 1 is 1.08 bits per heavy atom. The van der Waals surface area contributed by atoms with Crippen molar-refractivity contribution < 1.29 is 17.6 Å². The maximum absolute atomic E-state index is 12.5. The summed E-state index contributed by atoms with van der Waals surface area (Å²) in [6, 6.07) is 10.5. The van der Waals surface area contributed by atoms with E-state index in [0.717, 1.165) is 0 Å². The van der Waals surface area contributed by atoms with E-state index in [2.05, 4.69) is 19.9 Å². The fourth-order valence-electron chi connectivity index (χ4n) is 1.61. The Hall–Kier alpha value is -3.84. The third-order valence-corrected chi connectivity index (χ3v) is 2.63. The zero-order valence-corrected chi connectivity index (χ0v) is 11.6. The van der Waals surface area contributed by atoms with Gasteiger partial charge < -0.3 is 9.73 Å². The van der Waals surface area contributed by atoms with Crippen molar-refractivity contribution in [3.8, 4) is 29.7 Å². The van der Waals surface area contributed by atoms with E-state index in [1.165, 1.54) is 24.3 Å². The molecular formula is C14H5F3N6O. The highest BCUT2D eigenvalue weighted by Gasteiger charge is 2.38. The normalized spacial score (nSPS) is 10.2. The van der Waals surface area contributed by atoms with Crippen LogP contribution in [0.4, 0.5) is 18.9 Å². The number of benzene rings is 1. The molecule has 0 aliphatic carbocycles. The maximum atomic E-state index is 12.5. The van der Waals surface area contributed by atoms with Gasteiger partial charge in [-0.05, 0) is 18.2 Å². The predicted octanol–water partition coefficient (Wildman–Crippen LogP) is 2.99. The zero-order valence-electron chi connectivity index (χ0n) is 11.6. The van der Waals surface area contributed by atoms with Gasteiger partial charge in [0.15, 0.2) is 5.57 Å². The smallest absolute Gasteiger partial charge is 0.413 e. The molecule has 0 aliphatic heterocycles. The van der Waals surface area contributed by atoms with E-state index in [4.69, 9.17) is 15.8 Å². The van der Waals surface area contributed by atoms with Crippen molar-refractivity contribution in [2.45, 2.75) is 6.18 Å². The number of hydrogen-bond acceptors (Lipinski definition) is 7. The molecule has 0 radical (unpaired) electrons. The Morgan fingerprint density at radius 3 is 2.33 bits per heavy atom. The first-order chi connectivity index (χ1) is 11.4. The van der Waals surface area contributed by atoms with Crippen LogP contribution in [0.5, 0.6) is 0 Å². The average Bonchev–Trinajstić information content (AvgIpc) is 3.05. The second kappa shape index (κ2) is 6.51. The van der Waals surface area contributed by atoms with Crippen LogP contribution in [0.25, 0.3) is 11.5 Å². The topological polar surface area (TPSA) is 122 Å². The molecule has 7 nitrogen and oxygen atoms in total. The Kier molecular flexibility index (Phi) is 4.48. The summed E-state index contributed by atoms with van der Waals surface area (Å²) in [5.74, 6) is -1.85. The van der Waals surface area contributed by atoms with Crippen molar-refractivity contribution >= 4 is 5.69 Å². The van der Waals surface area contributed by atoms with Gasteiger partial charge in [0.1, 0.15) is 23.9 Å². The Bertz CT molecular complexity index is 907. The highest BCUT2D eigenvalue weighted by molar-refractivity contribution is 5.65. The molecule has 24 heavy (non-hydrogen) atoms. The molecule has 10 heteroatoms. The van der Waals surface area contributed by atoms with Crippen LogP contribution >= 0.6 is 0 Å². The lowest BCUT2D eigenvalue weighted by atomic mass is 10.2. The first-order valence-electron chi connectivity index (χ1n) is 6.11. The van der Waals surface area contributed by atoms with Crippen LogP contribution in [0.2, 0.25) is 0 Å². The fourth-order valence-corrected chi connectivity index (χ4v) is 1.61. The van der Waals surface area contributed by atoms with Gasteiger partial charge in [-0.1, -0.05) is 6.07 Å². The highest BCUT2D eigenvalue weighted by atomic mass is 19.4.